The Morgan fingerprint density at radius 3 is 1.19 bits per heavy atom. The van der Waals surface area contributed by atoms with E-state index in [0.29, 0.717) is 48.1 Å². The molecule has 31 heavy (non-hydrogen) atoms. The highest BCUT2D eigenvalue weighted by Gasteiger charge is 2.32. The van der Waals surface area contributed by atoms with Crippen LogP contribution in [0.4, 0.5) is 0 Å². The topological polar surface area (TPSA) is 27.7 Å². The number of rotatable bonds is 16. The SMILES string of the molecule is CC(C)CC(C)CC(CC(C)C1CCO1)OC(CC(C)CC(C)C)CC(C)C1CCO1. The molecule has 2 rings (SSSR count). The van der Waals surface area contributed by atoms with Crippen LogP contribution < -0.4 is 0 Å². The van der Waals surface area contributed by atoms with Gasteiger partial charge in [-0.2, -0.15) is 0 Å². The monoisotopic (exact) mass is 438 g/mol. The summed E-state index contributed by atoms with van der Waals surface area (Å²) in [5.74, 6) is 4.10. The van der Waals surface area contributed by atoms with Crippen molar-refractivity contribution >= 4 is 0 Å². The Morgan fingerprint density at radius 1 is 0.581 bits per heavy atom. The lowest BCUT2D eigenvalue weighted by Gasteiger charge is -2.38. The van der Waals surface area contributed by atoms with Gasteiger partial charge < -0.3 is 14.2 Å². The zero-order valence-corrected chi connectivity index (χ0v) is 22.1. The van der Waals surface area contributed by atoms with Crippen LogP contribution in [0.2, 0.25) is 0 Å². The van der Waals surface area contributed by atoms with E-state index in [4.69, 9.17) is 14.2 Å². The van der Waals surface area contributed by atoms with Gasteiger partial charge in [-0.3, -0.25) is 0 Å². The first-order valence-corrected chi connectivity index (χ1v) is 13.5. The highest BCUT2D eigenvalue weighted by Crippen LogP contribution is 2.33. The lowest BCUT2D eigenvalue weighted by molar-refractivity contribution is -0.118. The Kier molecular flexibility index (Phi) is 11.9. The quantitative estimate of drug-likeness (QED) is 0.249. The van der Waals surface area contributed by atoms with Gasteiger partial charge in [-0.15, -0.1) is 0 Å². The largest absolute Gasteiger partial charge is 0.378 e. The van der Waals surface area contributed by atoms with Crippen molar-refractivity contribution in [3.8, 4) is 0 Å². The van der Waals surface area contributed by atoms with Crippen molar-refractivity contribution in [1.29, 1.82) is 0 Å². The fourth-order valence-corrected chi connectivity index (χ4v) is 5.92. The van der Waals surface area contributed by atoms with Crippen LogP contribution in [0.15, 0.2) is 0 Å². The molecule has 2 saturated heterocycles. The van der Waals surface area contributed by atoms with Crippen LogP contribution in [0.5, 0.6) is 0 Å². The molecule has 2 aliphatic rings. The molecule has 0 aromatic rings. The molecule has 0 amide bonds. The number of hydrogen-bond acceptors (Lipinski definition) is 3. The Bertz CT molecular complexity index is 427. The first-order valence-electron chi connectivity index (χ1n) is 13.5. The second-order valence-corrected chi connectivity index (χ2v) is 12.1. The third kappa shape index (κ3) is 10.1. The lowest BCUT2D eigenvalue weighted by atomic mass is 9.85. The van der Waals surface area contributed by atoms with Gasteiger partial charge in [-0.05, 0) is 86.9 Å². The van der Waals surface area contributed by atoms with Gasteiger partial charge in [-0.1, -0.05) is 55.4 Å². The zero-order chi connectivity index (χ0) is 23.0. The third-order valence-corrected chi connectivity index (χ3v) is 7.47. The second kappa shape index (κ2) is 13.6. The molecule has 0 bridgehead atoms. The Balaban J connectivity index is 2.02. The molecule has 2 fully saturated rings. The summed E-state index contributed by atoms with van der Waals surface area (Å²) in [4.78, 5) is 0. The minimum absolute atomic E-state index is 0.346. The lowest BCUT2D eigenvalue weighted by Crippen LogP contribution is -2.38. The summed E-state index contributed by atoms with van der Waals surface area (Å²) in [7, 11) is 0. The van der Waals surface area contributed by atoms with Crippen LogP contribution in [-0.4, -0.2) is 37.6 Å². The Hall–Kier alpha value is -0.120. The summed E-state index contributed by atoms with van der Waals surface area (Å²) in [6.07, 6.45) is 11.2. The average molecular weight is 439 g/mol. The van der Waals surface area contributed by atoms with Gasteiger partial charge in [0.2, 0.25) is 0 Å². The molecular weight excluding hydrogens is 384 g/mol. The minimum atomic E-state index is 0.346. The third-order valence-electron chi connectivity index (χ3n) is 7.47. The van der Waals surface area contributed by atoms with E-state index in [1.165, 1.54) is 38.5 Å². The molecule has 0 N–H and O–H groups in total. The van der Waals surface area contributed by atoms with Crippen LogP contribution in [0.1, 0.15) is 107 Å². The molecule has 3 nitrogen and oxygen atoms in total. The average Bonchev–Trinajstić information content (AvgIpc) is 2.48. The van der Waals surface area contributed by atoms with Crippen molar-refractivity contribution in [2.75, 3.05) is 13.2 Å². The van der Waals surface area contributed by atoms with Crippen molar-refractivity contribution < 1.29 is 14.2 Å². The molecule has 0 radical (unpaired) electrons. The first kappa shape index (κ1) is 27.1. The van der Waals surface area contributed by atoms with Gasteiger partial charge in [0.1, 0.15) is 0 Å². The van der Waals surface area contributed by atoms with E-state index >= 15 is 0 Å². The summed E-state index contributed by atoms with van der Waals surface area (Å²) >= 11 is 0. The summed E-state index contributed by atoms with van der Waals surface area (Å²) in [6, 6.07) is 0. The van der Waals surface area contributed by atoms with E-state index in [-0.39, 0.29) is 0 Å². The summed E-state index contributed by atoms with van der Waals surface area (Å²) in [5, 5.41) is 0. The molecule has 8 unspecified atom stereocenters. The van der Waals surface area contributed by atoms with Crippen molar-refractivity contribution in [2.24, 2.45) is 35.5 Å². The fourth-order valence-electron chi connectivity index (χ4n) is 5.92. The molecule has 8 atom stereocenters. The van der Waals surface area contributed by atoms with Gasteiger partial charge in [0, 0.05) is 13.2 Å². The van der Waals surface area contributed by atoms with Gasteiger partial charge in [0.15, 0.2) is 0 Å². The van der Waals surface area contributed by atoms with E-state index in [2.05, 4.69) is 55.4 Å². The summed E-state index contributed by atoms with van der Waals surface area (Å²) < 4.78 is 18.7. The second-order valence-electron chi connectivity index (χ2n) is 12.1. The molecule has 2 heterocycles. The molecule has 0 spiro atoms. The predicted octanol–water partition coefficient (Wildman–Crippen LogP) is 7.52. The smallest absolute Gasteiger partial charge is 0.0623 e. The molecule has 3 heteroatoms. The summed E-state index contributed by atoms with van der Waals surface area (Å²) in [5.41, 5.74) is 0. The Labute approximate surface area is 194 Å². The van der Waals surface area contributed by atoms with Crippen molar-refractivity contribution in [2.45, 2.75) is 131 Å². The Morgan fingerprint density at radius 2 is 0.935 bits per heavy atom. The highest BCUT2D eigenvalue weighted by atomic mass is 16.5. The van der Waals surface area contributed by atoms with E-state index in [9.17, 15) is 0 Å². The maximum Gasteiger partial charge on any atom is 0.0623 e. The van der Waals surface area contributed by atoms with Gasteiger partial charge in [-0.25, -0.2) is 0 Å². The number of hydrogen-bond donors (Lipinski definition) is 0. The number of ether oxygens (including phenoxy) is 3. The van der Waals surface area contributed by atoms with Gasteiger partial charge in [0.25, 0.3) is 0 Å². The standard InChI is InChI=1S/C28H54O3/c1-19(2)13-21(5)15-25(17-23(7)27-9-11-29-27)31-26(16-22(6)14-20(3)4)18-24(8)28-10-12-30-28/h19-28H,9-18H2,1-8H3. The van der Waals surface area contributed by atoms with Crippen molar-refractivity contribution in [3.05, 3.63) is 0 Å². The molecule has 2 aliphatic heterocycles. The normalized spacial score (nSPS) is 27.3. The first-order chi connectivity index (χ1) is 14.6. The van der Waals surface area contributed by atoms with Crippen LogP contribution in [-0.2, 0) is 14.2 Å². The maximum atomic E-state index is 7.02. The fraction of sp³-hybridized carbons (Fsp3) is 1.00. The van der Waals surface area contributed by atoms with Crippen molar-refractivity contribution in [1.82, 2.24) is 0 Å². The van der Waals surface area contributed by atoms with Crippen LogP contribution in [0.25, 0.3) is 0 Å². The highest BCUT2D eigenvalue weighted by molar-refractivity contribution is 4.81. The van der Waals surface area contributed by atoms with Gasteiger partial charge in [0.05, 0.1) is 24.4 Å². The van der Waals surface area contributed by atoms with E-state index in [0.717, 1.165) is 37.9 Å². The van der Waals surface area contributed by atoms with E-state index in [1.54, 1.807) is 0 Å². The maximum absolute atomic E-state index is 7.02. The molecule has 0 aromatic heterocycles. The molecule has 0 aliphatic carbocycles. The molecule has 184 valence electrons. The minimum Gasteiger partial charge on any atom is -0.378 e. The van der Waals surface area contributed by atoms with Gasteiger partial charge >= 0.3 is 0 Å². The molecular formula is C28H54O3. The van der Waals surface area contributed by atoms with E-state index in [1.807, 2.05) is 0 Å². The zero-order valence-electron chi connectivity index (χ0n) is 22.1. The molecule has 0 aromatic carbocycles. The van der Waals surface area contributed by atoms with Crippen LogP contribution in [0.3, 0.4) is 0 Å². The summed E-state index contributed by atoms with van der Waals surface area (Å²) in [6.45, 7) is 20.8. The van der Waals surface area contributed by atoms with E-state index < -0.39 is 0 Å². The van der Waals surface area contributed by atoms with Crippen LogP contribution in [0, 0.1) is 35.5 Å². The van der Waals surface area contributed by atoms with Crippen molar-refractivity contribution in [3.63, 3.8) is 0 Å². The van der Waals surface area contributed by atoms with Crippen LogP contribution >= 0.6 is 0 Å². The molecule has 0 saturated carbocycles. The predicted molar refractivity (Wildman–Crippen MR) is 131 cm³/mol.